The van der Waals surface area contributed by atoms with Gasteiger partial charge in [-0.05, 0) is 12.6 Å². The van der Waals surface area contributed by atoms with Crippen LogP contribution in [0.5, 0.6) is 0 Å². The van der Waals surface area contributed by atoms with Gasteiger partial charge in [0, 0.05) is 12.1 Å². The largest absolute Gasteiger partial charge is 0.409 e. The molecule has 0 saturated carbocycles. The van der Waals surface area contributed by atoms with E-state index >= 15 is 0 Å². The number of nitrogens with one attached hydrogen (secondary N) is 1. The van der Waals surface area contributed by atoms with Gasteiger partial charge in [0.1, 0.15) is 0 Å². The second-order valence-electron chi connectivity index (χ2n) is 2.71. The normalized spacial score (nSPS) is 11.6. The predicted molar refractivity (Wildman–Crippen MR) is 51.7 cm³/mol. The third kappa shape index (κ3) is 2.45. The van der Waals surface area contributed by atoms with Crippen LogP contribution in [0.15, 0.2) is 29.4 Å². The van der Waals surface area contributed by atoms with Crippen molar-refractivity contribution in [2.45, 2.75) is 6.54 Å². The summed E-state index contributed by atoms with van der Waals surface area (Å²) >= 11 is 0. The van der Waals surface area contributed by atoms with E-state index in [0.717, 1.165) is 17.7 Å². The highest BCUT2D eigenvalue weighted by Crippen LogP contribution is 2.03. The summed E-state index contributed by atoms with van der Waals surface area (Å²) in [6.45, 7) is 0.816. The molecule has 0 heterocycles. The van der Waals surface area contributed by atoms with Gasteiger partial charge in [-0.25, -0.2) is 0 Å². The maximum Gasteiger partial charge on any atom is 0.170 e. The van der Waals surface area contributed by atoms with Crippen molar-refractivity contribution in [3.05, 3.63) is 35.4 Å². The average molecular weight is 179 g/mol. The molecule has 0 aliphatic rings. The Balaban J connectivity index is 2.81. The molecule has 0 radical (unpaired) electrons. The lowest BCUT2D eigenvalue weighted by atomic mass is 10.1. The van der Waals surface area contributed by atoms with Gasteiger partial charge < -0.3 is 16.3 Å². The number of nitrogens with two attached hydrogens (primary N) is 1. The molecule has 0 aromatic heterocycles. The monoisotopic (exact) mass is 179 g/mol. The van der Waals surface area contributed by atoms with Crippen LogP contribution in [-0.2, 0) is 6.54 Å². The van der Waals surface area contributed by atoms with Crippen LogP contribution >= 0.6 is 0 Å². The second-order valence-corrected chi connectivity index (χ2v) is 2.71. The van der Waals surface area contributed by atoms with Crippen molar-refractivity contribution in [1.82, 2.24) is 5.32 Å². The van der Waals surface area contributed by atoms with E-state index in [0.29, 0.717) is 0 Å². The molecule has 4 N–H and O–H groups in total. The molecule has 70 valence electrons. The minimum atomic E-state index is 0.135. The summed E-state index contributed by atoms with van der Waals surface area (Å²) in [6.07, 6.45) is 0. The first-order valence-electron chi connectivity index (χ1n) is 3.99. The van der Waals surface area contributed by atoms with Crippen LogP contribution in [0.1, 0.15) is 11.1 Å². The smallest absolute Gasteiger partial charge is 0.170 e. The SMILES string of the molecule is CNCc1ccc(C(N)=NO)cc1. The number of oxime groups is 1. The van der Waals surface area contributed by atoms with Gasteiger partial charge in [-0.2, -0.15) is 0 Å². The zero-order chi connectivity index (χ0) is 9.68. The van der Waals surface area contributed by atoms with Gasteiger partial charge in [0.15, 0.2) is 5.84 Å². The second kappa shape index (κ2) is 4.47. The number of benzene rings is 1. The zero-order valence-corrected chi connectivity index (χ0v) is 7.49. The molecule has 0 fully saturated rings. The van der Waals surface area contributed by atoms with Crippen LogP contribution in [0.3, 0.4) is 0 Å². The lowest BCUT2D eigenvalue weighted by Gasteiger charge is -2.01. The highest BCUT2D eigenvalue weighted by molar-refractivity contribution is 5.96. The molecule has 0 aliphatic heterocycles. The lowest BCUT2D eigenvalue weighted by Crippen LogP contribution is -2.13. The number of nitrogens with zero attached hydrogens (tertiary/aromatic N) is 1. The summed E-state index contributed by atoms with van der Waals surface area (Å²) in [5.74, 6) is 0.135. The van der Waals surface area contributed by atoms with E-state index in [1.165, 1.54) is 0 Å². The Labute approximate surface area is 77.1 Å². The Morgan fingerprint density at radius 3 is 2.54 bits per heavy atom. The number of hydrogen-bond donors (Lipinski definition) is 3. The summed E-state index contributed by atoms with van der Waals surface area (Å²) in [4.78, 5) is 0. The van der Waals surface area contributed by atoms with E-state index in [1.54, 1.807) is 0 Å². The molecule has 0 atom stereocenters. The third-order valence-electron chi connectivity index (χ3n) is 1.74. The van der Waals surface area contributed by atoms with E-state index in [2.05, 4.69) is 10.5 Å². The van der Waals surface area contributed by atoms with E-state index in [-0.39, 0.29) is 5.84 Å². The van der Waals surface area contributed by atoms with E-state index in [4.69, 9.17) is 10.9 Å². The van der Waals surface area contributed by atoms with E-state index in [1.807, 2.05) is 31.3 Å². The average Bonchev–Trinajstić information content (AvgIpc) is 2.18. The van der Waals surface area contributed by atoms with Crippen molar-refractivity contribution >= 4 is 5.84 Å². The summed E-state index contributed by atoms with van der Waals surface area (Å²) in [7, 11) is 1.89. The van der Waals surface area contributed by atoms with Crippen LogP contribution in [-0.4, -0.2) is 18.1 Å². The quantitative estimate of drug-likeness (QED) is 0.274. The lowest BCUT2D eigenvalue weighted by molar-refractivity contribution is 0.318. The van der Waals surface area contributed by atoms with Crippen molar-refractivity contribution in [3.63, 3.8) is 0 Å². The predicted octanol–water partition coefficient (Wildman–Crippen LogP) is 0.500. The molecule has 0 aliphatic carbocycles. The Morgan fingerprint density at radius 1 is 1.46 bits per heavy atom. The molecule has 0 bridgehead atoms. The molecular weight excluding hydrogens is 166 g/mol. The summed E-state index contributed by atoms with van der Waals surface area (Å²) in [5.41, 5.74) is 7.29. The van der Waals surface area contributed by atoms with E-state index in [9.17, 15) is 0 Å². The summed E-state index contributed by atoms with van der Waals surface area (Å²) < 4.78 is 0. The van der Waals surface area contributed by atoms with Crippen LogP contribution in [0.4, 0.5) is 0 Å². The molecule has 1 rings (SSSR count). The minimum absolute atomic E-state index is 0.135. The summed E-state index contributed by atoms with van der Waals surface area (Å²) in [6, 6.07) is 7.51. The molecule has 0 amide bonds. The first-order valence-corrected chi connectivity index (χ1v) is 3.99. The van der Waals surface area contributed by atoms with Crippen LogP contribution in [0, 0.1) is 0 Å². The maximum atomic E-state index is 8.41. The molecule has 0 unspecified atom stereocenters. The van der Waals surface area contributed by atoms with Gasteiger partial charge in [0.25, 0.3) is 0 Å². The fourth-order valence-electron chi connectivity index (χ4n) is 1.06. The van der Waals surface area contributed by atoms with Gasteiger partial charge in [0.05, 0.1) is 0 Å². The maximum absolute atomic E-state index is 8.41. The van der Waals surface area contributed by atoms with Crippen LogP contribution < -0.4 is 11.1 Å². The molecular formula is C9H13N3O. The molecule has 4 heteroatoms. The van der Waals surface area contributed by atoms with Gasteiger partial charge >= 0.3 is 0 Å². The first kappa shape index (κ1) is 9.54. The van der Waals surface area contributed by atoms with Gasteiger partial charge in [-0.3, -0.25) is 0 Å². The minimum Gasteiger partial charge on any atom is -0.409 e. The molecule has 1 aromatic rings. The van der Waals surface area contributed by atoms with Crippen molar-refractivity contribution in [2.75, 3.05) is 7.05 Å². The van der Waals surface area contributed by atoms with Gasteiger partial charge in [0.2, 0.25) is 0 Å². The zero-order valence-electron chi connectivity index (χ0n) is 7.49. The van der Waals surface area contributed by atoms with Crippen molar-refractivity contribution in [1.29, 1.82) is 0 Å². The molecule has 1 aromatic carbocycles. The topological polar surface area (TPSA) is 70.6 Å². The van der Waals surface area contributed by atoms with Crippen LogP contribution in [0.25, 0.3) is 0 Å². The highest BCUT2D eigenvalue weighted by atomic mass is 16.4. The Morgan fingerprint density at radius 2 is 2.08 bits per heavy atom. The van der Waals surface area contributed by atoms with Crippen molar-refractivity contribution in [2.24, 2.45) is 10.9 Å². The Hall–Kier alpha value is -1.55. The molecule has 13 heavy (non-hydrogen) atoms. The number of amidine groups is 1. The standard InChI is InChI=1S/C9H13N3O/c1-11-6-7-2-4-8(5-3-7)9(10)12-13/h2-5,11,13H,6H2,1H3,(H2,10,12). The van der Waals surface area contributed by atoms with Gasteiger partial charge in [-0.1, -0.05) is 29.4 Å². The molecule has 0 spiro atoms. The fraction of sp³-hybridized carbons (Fsp3) is 0.222. The highest BCUT2D eigenvalue weighted by Gasteiger charge is 1.97. The van der Waals surface area contributed by atoms with E-state index < -0.39 is 0 Å². The van der Waals surface area contributed by atoms with Crippen molar-refractivity contribution in [3.8, 4) is 0 Å². The number of rotatable bonds is 3. The summed E-state index contributed by atoms with van der Waals surface area (Å²) in [5, 5.41) is 14.4. The third-order valence-corrected chi connectivity index (χ3v) is 1.74. The molecule has 0 saturated heterocycles. The Bertz CT molecular complexity index is 292. The van der Waals surface area contributed by atoms with Crippen molar-refractivity contribution < 1.29 is 5.21 Å². The fourth-order valence-corrected chi connectivity index (χ4v) is 1.06. The van der Waals surface area contributed by atoms with Crippen LogP contribution in [0.2, 0.25) is 0 Å². The van der Waals surface area contributed by atoms with Gasteiger partial charge in [-0.15, -0.1) is 0 Å². The Kier molecular flexibility index (Phi) is 3.28. The number of hydrogen-bond acceptors (Lipinski definition) is 3. The first-order chi connectivity index (χ1) is 6.27. The molecule has 4 nitrogen and oxygen atoms in total.